The second-order valence-electron chi connectivity index (χ2n) is 4.21. The molecule has 118 valence electrons. The van der Waals surface area contributed by atoms with Crippen LogP contribution in [-0.4, -0.2) is 30.3 Å². The maximum Gasteiger partial charge on any atom is 0.270 e. The monoisotopic (exact) mass is 365 g/mol. The summed E-state index contributed by atoms with van der Waals surface area (Å²) in [4.78, 5) is 31.0. The zero-order valence-electron chi connectivity index (χ0n) is 10.8. The number of aromatic nitrogens is 3. The molecule has 5 N–H and O–H groups in total. The largest absolute Gasteiger partial charge is 0.493 e. The van der Waals surface area contributed by atoms with Gasteiger partial charge in [0.05, 0.1) is 5.56 Å². The van der Waals surface area contributed by atoms with Gasteiger partial charge < -0.3 is 20.3 Å². The van der Waals surface area contributed by atoms with Crippen LogP contribution in [0.25, 0.3) is 0 Å². The van der Waals surface area contributed by atoms with Gasteiger partial charge in [0.15, 0.2) is 5.16 Å². The minimum atomic E-state index is -2.82. The first kappa shape index (κ1) is 16.8. The molecule has 0 aliphatic carbocycles. The highest BCUT2D eigenvalue weighted by molar-refractivity contribution is 7.99. The number of rotatable bonds is 3. The molecule has 0 fully saturated rings. The van der Waals surface area contributed by atoms with Gasteiger partial charge in [-0.25, -0.2) is 4.98 Å². The van der Waals surface area contributed by atoms with Crippen LogP contribution < -0.4 is 11.1 Å². The summed E-state index contributed by atoms with van der Waals surface area (Å²) in [5.41, 5.74) is -1.74. The molecule has 0 atom stereocenters. The van der Waals surface area contributed by atoms with Gasteiger partial charge in [-0.05, 0) is 18.7 Å². The smallest absolute Gasteiger partial charge is 0.270 e. The summed E-state index contributed by atoms with van der Waals surface area (Å²) in [6, 6.07) is 1.21. The van der Waals surface area contributed by atoms with Gasteiger partial charge in [-0.1, -0.05) is 23.2 Å². The van der Waals surface area contributed by atoms with Crippen molar-refractivity contribution in [2.45, 2.75) is 17.2 Å². The molecular formula is C11H9Cl2N3O5S. The number of thioether (sulfide) groups is 1. The van der Waals surface area contributed by atoms with E-state index in [1.807, 2.05) is 4.98 Å². The Morgan fingerprint density at radius 3 is 2.45 bits per heavy atom. The van der Waals surface area contributed by atoms with E-state index >= 15 is 0 Å². The van der Waals surface area contributed by atoms with E-state index in [2.05, 4.69) is 9.97 Å². The first-order valence-electron chi connectivity index (χ1n) is 5.64. The normalized spacial score (nSPS) is 11.7. The van der Waals surface area contributed by atoms with E-state index in [1.165, 1.54) is 13.0 Å². The molecule has 0 unspecified atom stereocenters. The maximum atomic E-state index is 11.5. The third kappa shape index (κ3) is 3.28. The minimum Gasteiger partial charge on any atom is -0.493 e. The van der Waals surface area contributed by atoms with Gasteiger partial charge >= 0.3 is 0 Å². The lowest BCUT2D eigenvalue weighted by Gasteiger charge is -2.22. The third-order valence-corrected chi connectivity index (χ3v) is 4.09. The van der Waals surface area contributed by atoms with Crippen molar-refractivity contribution in [2.24, 2.45) is 0 Å². The lowest BCUT2D eigenvalue weighted by atomic mass is 10.2. The number of H-pyrrole nitrogens is 2. The maximum absolute atomic E-state index is 11.5. The number of hydrogen-bond donors (Lipinski definition) is 5. The topological polar surface area (TPSA) is 139 Å². The standard InChI is InChI=1S/C11H9Cl2N3O5S/c1-3-2-4(17)15-10(14-3)22-11(20,21)5-6(12)8(18)16-9(19)7(5)13/h2,20-21H,1H3,(H,14,15,17)(H2,16,18,19). The number of halogens is 2. The molecule has 0 amide bonds. The number of aromatic hydroxyl groups is 1. The number of aliphatic hydroxyl groups is 2. The number of nitrogens with zero attached hydrogens (tertiary/aromatic N) is 1. The number of pyridine rings is 1. The quantitative estimate of drug-likeness (QED) is 0.306. The molecule has 0 aliphatic rings. The first-order valence-corrected chi connectivity index (χ1v) is 7.21. The summed E-state index contributed by atoms with van der Waals surface area (Å²) in [6.45, 7) is 1.54. The summed E-state index contributed by atoms with van der Waals surface area (Å²) in [6.07, 6.45) is 0. The van der Waals surface area contributed by atoms with E-state index in [1.54, 1.807) is 0 Å². The average molecular weight is 366 g/mol. The van der Waals surface area contributed by atoms with E-state index in [9.17, 15) is 24.9 Å². The average Bonchev–Trinajstić information content (AvgIpc) is 2.34. The van der Waals surface area contributed by atoms with E-state index in [0.717, 1.165) is 0 Å². The zero-order valence-corrected chi connectivity index (χ0v) is 13.2. The van der Waals surface area contributed by atoms with Crippen molar-refractivity contribution < 1.29 is 15.3 Å². The molecule has 0 aromatic carbocycles. The summed E-state index contributed by atoms with van der Waals surface area (Å²) < 4.78 is 0. The Balaban J connectivity index is 2.56. The summed E-state index contributed by atoms with van der Waals surface area (Å²) in [5.74, 6) is -0.773. The Morgan fingerprint density at radius 1 is 1.23 bits per heavy atom. The molecule has 22 heavy (non-hydrogen) atoms. The summed E-state index contributed by atoms with van der Waals surface area (Å²) >= 11 is 11.8. The predicted molar refractivity (Wildman–Crippen MR) is 80.3 cm³/mol. The van der Waals surface area contributed by atoms with Gasteiger partial charge in [-0.3, -0.25) is 14.6 Å². The number of aryl methyl sites for hydroxylation is 1. The van der Waals surface area contributed by atoms with Gasteiger partial charge in [-0.15, -0.1) is 0 Å². The van der Waals surface area contributed by atoms with Crippen molar-refractivity contribution in [1.82, 2.24) is 15.0 Å². The fourth-order valence-electron chi connectivity index (χ4n) is 1.62. The summed E-state index contributed by atoms with van der Waals surface area (Å²) in [7, 11) is 0. The Bertz CT molecular complexity index is 849. The van der Waals surface area contributed by atoms with Crippen LogP contribution >= 0.6 is 35.0 Å². The van der Waals surface area contributed by atoms with Crippen LogP contribution in [0.4, 0.5) is 0 Å². The van der Waals surface area contributed by atoms with Crippen molar-refractivity contribution in [3.8, 4) is 5.88 Å². The molecule has 2 rings (SSSR count). The molecule has 0 aliphatic heterocycles. The van der Waals surface area contributed by atoms with Crippen LogP contribution in [-0.2, 0) is 5.12 Å². The van der Waals surface area contributed by atoms with Gasteiger partial charge in [0.2, 0.25) is 5.88 Å². The van der Waals surface area contributed by atoms with E-state index < -0.39 is 37.7 Å². The molecule has 0 bridgehead atoms. The Morgan fingerprint density at radius 2 is 1.86 bits per heavy atom. The van der Waals surface area contributed by atoms with Gasteiger partial charge in [-0.2, -0.15) is 0 Å². The lowest BCUT2D eigenvalue weighted by Crippen LogP contribution is -2.26. The second-order valence-corrected chi connectivity index (χ2v) is 6.12. The molecule has 2 aromatic rings. The molecule has 0 spiro atoms. The van der Waals surface area contributed by atoms with E-state index in [0.29, 0.717) is 5.69 Å². The molecule has 2 heterocycles. The van der Waals surface area contributed by atoms with Gasteiger partial charge in [0.1, 0.15) is 10.0 Å². The fraction of sp³-hybridized carbons (Fsp3) is 0.182. The molecular weight excluding hydrogens is 357 g/mol. The van der Waals surface area contributed by atoms with E-state index in [4.69, 9.17) is 23.2 Å². The van der Waals surface area contributed by atoms with Crippen LogP contribution in [0.3, 0.4) is 0 Å². The van der Waals surface area contributed by atoms with Crippen LogP contribution in [0.1, 0.15) is 11.3 Å². The Kier molecular flexibility index (Phi) is 4.54. The predicted octanol–water partition coefficient (Wildman–Crippen LogP) is 0.666. The highest BCUT2D eigenvalue weighted by atomic mass is 35.5. The second kappa shape index (κ2) is 5.94. The molecule has 0 saturated carbocycles. The minimum absolute atomic E-state index is 0.137. The van der Waals surface area contributed by atoms with Gasteiger partial charge in [0.25, 0.3) is 16.2 Å². The molecule has 8 nitrogen and oxygen atoms in total. The highest BCUT2D eigenvalue weighted by Gasteiger charge is 2.36. The zero-order chi connectivity index (χ0) is 16.7. The number of hydrogen-bond acceptors (Lipinski definition) is 7. The van der Waals surface area contributed by atoms with Crippen LogP contribution in [0.2, 0.25) is 10.0 Å². The van der Waals surface area contributed by atoms with Crippen LogP contribution in [0.5, 0.6) is 5.88 Å². The van der Waals surface area contributed by atoms with Crippen molar-refractivity contribution in [1.29, 1.82) is 0 Å². The lowest BCUT2D eigenvalue weighted by molar-refractivity contribution is -0.0820. The fourth-order valence-corrected chi connectivity index (χ4v) is 3.24. The Labute approximate surface area is 136 Å². The van der Waals surface area contributed by atoms with Crippen molar-refractivity contribution >= 4 is 35.0 Å². The molecule has 0 saturated heterocycles. The van der Waals surface area contributed by atoms with Crippen LogP contribution in [0, 0.1) is 6.92 Å². The third-order valence-electron chi connectivity index (χ3n) is 2.49. The van der Waals surface area contributed by atoms with Crippen LogP contribution in [0.15, 0.2) is 20.8 Å². The van der Waals surface area contributed by atoms with Crippen molar-refractivity contribution in [2.75, 3.05) is 0 Å². The molecule has 11 heteroatoms. The number of nitrogens with one attached hydrogen (secondary N) is 2. The highest BCUT2D eigenvalue weighted by Crippen LogP contribution is 2.42. The molecule has 0 radical (unpaired) electrons. The van der Waals surface area contributed by atoms with Gasteiger partial charge in [0, 0.05) is 11.8 Å². The van der Waals surface area contributed by atoms with Crippen molar-refractivity contribution in [3.05, 3.63) is 48.1 Å². The van der Waals surface area contributed by atoms with Crippen molar-refractivity contribution in [3.63, 3.8) is 0 Å². The summed E-state index contributed by atoms with van der Waals surface area (Å²) in [5, 5.41) is 25.7. The molecule has 2 aromatic heterocycles. The first-order chi connectivity index (χ1) is 10.1. The SMILES string of the molecule is Cc1cc(=O)[nH]c(SC(O)(O)c2c(Cl)c(O)[nH]c(=O)c2Cl)n1. The Hall–Kier alpha value is -1.52. The van der Waals surface area contributed by atoms with E-state index in [-0.39, 0.29) is 16.9 Å². The number of aromatic amines is 2.